The van der Waals surface area contributed by atoms with Crippen LogP contribution in [0.15, 0.2) is 17.0 Å². The molecule has 0 saturated heterocycles. The molecule has 3 heteroatoms. The molecule has 0 bridgehead atoms. The van der Waals surface area contributed by atoms with Crippen molar-refractivity contribution in [3.05, 3.63) is 17.7 Å². The third-order valence-corrected chi connectivity index (χ3v) is 8.16. The number of benzene rings is 1. The fourth-order valence-corrected chi connectivity index (χ4v) is 6.44. The molecular formula is C32H58O2S. The number of thioether (sulfide) groups is 1. The molecule has 0 saturated carbocycles. The van der Waals surface area contributed by atoms with Crippen LogP contribution < -0.4 is 0 Å². The zero-order chi connectivity index (χ0) is 26.2. The molecular weight excluding hydrogens is 448 g/mol. The van der Waals surface area contributed by atoms with Crippen molar-refractivity contribution >= 4 is 11.8 Å². The Morgan fingerprint density at radius 2 is 1.03 bits per heavy atom. The summed E-state index contributed by atoms with van der Waals surface area (Å²) >= 11 is 1.67. The highest BCUT2D eigenvalue weighted by Gasteiger charge is 2.30. The summed E-state index contributed by atoms with van der Waals surface area (Å²) in [7, 11) is 0. The van der Waals surface area contributed by atoms with Gasteiger partial charge < -0.3 is 10.2 Å². The molecule has 2 nitrogen and oxygen atoms in total. The molecule has 0 unspecified atom stereocenters. The molecule has 0 heterocycles. The summed E-state index contributed by atoms with van der Waals surface area (Å²) in [6.45, 7) is 13.2. The SMILES string of the molecule is CCCCCCCCCCCCCCCCCCSc1cc(O)c(C(C)(C)CC(C)(C)C)cc1O. The van der Waals surface area contributed by atoms with Crippen LogP contribution in [0.2, 0.25) is 0 Å². The second-order valence-electron chi connectivity index (χ2n) is 12.6. The molecule has 0 atom stereocenters. The summed E-state index contributed by atoms with van der Waals surface area (Å²) in [4.78, 5) is 0.804. The van der Waals surface area contributed by atoms with Crippen LogP contribution >= 0.6 is 11.8 Å². The fraction of sp³-hybridized carbons (Fsp3) is 0.812. The molecule has 0 spiro atoms. The lowest BCUT2D eigenvalue weighted by atomic mass is 9.72. The normalized spacial score (nSPS) is 12.4. The van der Waals surface area contributed by atoms with E-state index in [1.807, 2.05) is 0 Å². The first-order valence-corrected chi connectivity index (χ1v) is 15.7. The van der Waals surface area contributed by atoms with Gasteiger partial charge in [-0.3, -0.25) is 0 Å². The van der Waals surface area contributed by atoms with Crippen LogP contribution in [0.25, 0.3) is 0 Å². The highest BCUT2D eigenvalue weighted by Crippen LogP contribution is 2.44. The molecule has 0 fully saturated rings. The van der Waals surface area contributed by atoms with Gasteiger partial charge in [0.15, 0.2) is 0 Å². The minimum Gasteiger partial charge on any atom is -0.508 e. The zero-order valence-electron chi connectivity index (χ0n) is 24.2. The van der Waals surface area contributed by atoms with Crippen molar-refractivity contribution in [2.24, 2.45) is 5.41 Å². The molecule has 1 rings (SSSR count). The van der Waals surface area contributed by atoms with E-state index < -0.39 is 0 Å². The summed E-state index contributed by atoms with van der Waals surface area (Å²) < 4.78 is 0. The summed E-state index contributed by atoms with van der Waals surface area (Å²) in [6, 6.07) is 3.56. The standard InChI is InChI=1S/C32H58O2S/c1-7-8-9-10-11-12-13-14-15-16-17-18-19-20-21-22-23-35-30-25-28(33)27(24-29(30)34)32(5,6)26-31(2,3)4/h24-25,33-34H,7-23,26H2,1-6H3. The summed E-state index contributed by atoms with van der Waals surface area (Å²) in [5, 5.41) is 21.2. The maximum atomic E-state index is 10.7. The van der Waals surface area contributed by atoms with Crippen LogP contribution in [0.1, 0.15) is 156 Å². The highest BCUT2D eigenvalue weighted by molar-refractivity contribution is 7.99. The Balaban J connectivity index is 2.11. The highest BCUT2D eigenvalue weighted by atomic mass is 32.2. The van der Waals surface area contributed by atoms with Crippen molar-refractivity contribution in [3.63, 3.8) is 0 Å². The summed E-state index contributed by atoms with van der Waals surface area (Å²) in [6.07, 6.45) is 23.1. The third-order valence-electron chi connectivity index (χ3n) is 7.03. The number of aromatic hydroxyl groups is 2. The number of unbranched alkanes of at least 4 members (excludes halogenated alkanes) is 15. The van der Waals surface area contributed by atoms with E-state index in [2.05, 4.69) is 41.5 Å². The van der Waals surface area contributed by atoms with Gasteiger partial charge in [0, 0.05) is 5.56 Å². The lowest BCUT2D eigenvalue weighted by Crippen LogP contribution is -2.24. The number of phenolic OH excluding ortho intramolecular Hbond substituents is 2. The first-order valence-electron chi connectivity index (χ1n) is 14.8. The number of hydrogen-bond donors (Lipinski definition) is 2. The number of rotatable bonds is 20. The van der Waals surface area contributed by atoms with Crippen LogP contribution in [0.5, 0.6) is 11.5 Å². The molecule has 0 aliphatic rings. The van der Waals surface area contributed by atoms with E-state index >= 15 is 0 Å². The average molecular weight is 507 g/mol. The summed E-state index contributed by atoms with van der Waals surface area (Å²) in [5.41, 5.74) is 0.819. The molecule has 0 aliphatic heterocycles. The molecule has 0 amide bonds. The number of hydrogen-bond acceptors (Lipinski definition) is 3. The van der Waals surface area contributed by atoms with Gasteiger partial charge in [0.1, 0.15) is 11.5 Å². The van der Waals surface area contributed by atoms with Crippen LogP contribution in [0.4, 0.5) is 0 Å². The molecule has 2 N–H and O–H groups in total. The minimum absolute atomic E-state index is 0.159. The van der Waals surface area contributed by atoms with E-state index in [1.165, 1.54) is 103 Å². The van der Waals surface area contributed by atoms with Crippen LogP contribution in [0.3, 0.4) is 0 Å². The van der Waals surface area contributed by atoms with E-state index in [0.29, 0.717) is 11.5 Å². The molecule has 0 aromatic heterocycles. The first-order chi connectivity index (χ1) is 16.6. The van der Waals surface area contributed by atoms with Gasteiger partial charge in [0.05, 0.1) is 4.90 Å². The van der Waals surface area contributed by atoms with E-state index in [9.17, 15) is 10.2 Å². The maximum Gasteiger partial charge on any atom is 0.129 e. The fourth-order valence-electron chi connectivity index (χ4n) is 5.47. The van der Waals surface area contributed by atoms with E-state index in [0.717, 1.165) is 22.6 Å². The predicted octanol–water partition coefficient (Wildman–Crippen LogP) is 11.2. The van der Waals surface area contributed by atoms with Crippen molar-refractivity contribution in [2.75, 3.05) is 5.75 Å². The molecule has 0 aliphatic carbocycles. The van der Waals surface area contributed by atoms with Crippen LogP contribution in [0, 0.1) is 5.41 Å². The van der Waals surface area contributed by atoms with Crippen molar-refractivity contribution in [1.29, 1.82) is 0 Å². The largest absolute Gasteiger partial charge is 0.508 e. The van der Waals surface area contributed by atoms with Gasteiger partial charge in [-0.1, -0.05) is 138 Å². The van der Waals surface area contributed by atoms with Gasteiger partial charge in [-0.2, -0.15) is 0 Å². The van der Waals surface area contributed by atoms with E-state index in [-0.39, 0.29) is 10.8 Å². The Morgan fingerprint density at radius 3 is 1.46 bits per heavy atom. The van der Waals surface area contributed by atoms with E-state index in [1.54, 1.807) is 23.9 Å². The second kappa shape index (κ2) is 17.6. The Morgan fingerprint density at radius 1 is 0.600 bits per heavy atom. The Labute approximate surface area is 223 Å². The quantitative estimate of drug-likeness (QED) is 0.105. The zero-order valence-corrected chi connectivity index (χ0v) is 25.0. The van der Waals surface area contributed by atoms with Crippen molar-refractivity contribution < 1.29 is 10.2 Å². The van der Waals surface area contributed by atoms with Gasteiger partial charge in [0.25, 0.3) is 0 Å². The molecule has 204 valence electrons. The Hall–Kier alpha value is -0.830. The van der Waals surface area contributed by atoms with Gasteiger partial charge >= 0.3 is 0 Å². The van der Waals surface area contributed by atoms with Gasteiger partial charge in [-0.15, -0.1) is 11.8 Å². The van der Waals surface area contributed by atoms with Crippen LogP contribution in [-0.4, -0.2) is 16.0 Å². The maximum absolute atomic E-state index is 10.7. The first kappa shape index (κ1) is 32.2. The third kappa shape index (κ3) is 15.1. The smallest absolute Gasteiger partial charge is 0.129 e. The Bertz CT molecular complexity index is 675. The number of phenols is 2. The molecule has 1 aromatic rings. The van der Waals surface area contributed by atoms with Crippen LogP contribution in [-0.2, 0) is 5.41 Å². The van der Waals surface area contributed by atoms with E-state index in [4.69, 9.17) is 0 Å². The molecule has 35 heavy (non-hydrogen) atoms. The lowest BCUT2D eigenvalue weighted by molar-refractivity contribution is 0.277. The van der Waals surface area contributed by atoms with Gasteiger partial charge in [-0.05, 0) is 41.6 Å². The van der Waals surface area contributed by atoms with Crippen molar-refractivity contribution in [3.8, 4) is 11.5 Å². The average Bonchev–Trinajstić information content (AvgIpc) is 2.76. The van der Waals surface area contributed by atoms with Gasteiger partial charge in [0.2, 0.25) is 0 Å². The minimum atomic E-state index is -0.184. The Kier molecular flexibility index (Phi) is 16.2. The van der Waals surface area contributed by atoms with Crippen molar-refractivity contribution in [1.82, 2.24) is 0 Å². The molecule has 0 radical (unpaired) electrons. The monoisotopic (exact) mass is 506 g/mol. The van der Waals surface area contributed by atoms with Gasteiger partial charge in [-0.25, -0.2) is 0 Å². The second-order valence-corrected chi connectivity index (χ2v) is 13.7. The van der Waals surface area contributed by atoms with Crippen molar-refractivity contribution in [2.45, 2.75) is 161 Å². The topological polar surface area (TPSA) is 40.5 Å². The summed E-state index contributed by atoms with van der Waals surface area (Å²) in [5.74, 6) is 1.61. The predicted molar refractivity (Wildman–Crippen MR) is 157 cm³/mol. The molecule has 1 aromatic carbocycles. The lowest BCUT2D eigenvalue weighted by Gasteiger charge is -2.33.